The van der Waals surface area contributed by atoms with Gasteiger partial charge in [0.25, 0.3) is 0 Å². The minimum Gasteiger partial charge on any atom is -0.371 e. The van der Waals surface area contributed by atoms with Crippen LogP contribution in [0.5, 0.6) is 0 Å². The van der Waals surface area contributed by atoms with E-state index < -0.39 is 0 Å². The van der Waals surface area contributed by atoms with Crippen LogP contribution >= 0.6 is 0 Å². The molecule has 0 bridgehead atoms. The summed E-state index contributed by atoms with van der Waals surface area (Å²) in [6.45, 7) is 23.0. The maximum absolute atomic E-state index is 12.9. The van der Waals surface area contributed by atoms with Crippen LogP contribution in [0.25, 0.3) is 0 Å². The summed E-state index contributed by atoms with van der Waals surface area (Å²) in [6.07, 6.45) is 14.7. The fourth-order valence-electron chi connectivity index (χ4n) is 5.10. The van der Waals surface area contributed by atoms with Gasteiger partial charge in [-0.15, -0.1) is 5.73 Å². The minimum atomic E-state index is -0.106. The second-order valence-corrected chi connectivity index (χ2v) is 10.7. The van der Waals surface area contributed by atoms with Gasteiger partial charge in [-0.1, -0.05) is 44.7 Å². The molecule has 0 aromatic rings. The number of likely N-dealkylation sites (tertiary alicyclic amines) is 1. The topological polar surface area (TPSA) is 45.0 Å². The van der Waals surface area contributed by atoms with Crippen LogP contribution in [-0.4, -0.2) is 42.2 Å². The van der Waals surface area contributed by atoms with E-state index in [1.54, 1.807) is 13.1 Å². The highest BCUT2D eigenvalue weighted by atomic mass is 16.1. The molecule has 1 unspecified atom stereocenters. The molecule has 3 rings (SSSR count). The molecule has 4 nitrogen and oxygen atoms in total. The van der Waals surface area contributed by atoms with E-state index in [4.69, 9.17) is 4.99 Å². The number of allylic oxidation sites excluding steroid dienone is 10. The molecule has 1 saturated heterocycles. The molecule has 2 atom stereocenters. The Morgan fingerprint density at radius 2 is 1.95 bits per heavy atom. The summed E-state index contributed by atoms with van der Waals surface area (Å²) >= 11 is 0. The van der Waals surface area contributed by atoms with Crippen LogP contribution in [0.15, 0.2) is 110 Å². The quantitative estimate of drug-likeness (QED) is 0.125. The van der Waals surface area contributed by atoms with Crippen LogP contribution in [0.3, 0.4) is 0 Å². The van der Waals surface area contributed by atoms with Crippen LogP contribution in [-0.2, 0) is 4.79 Å². The van der Waals surface area contributed by atoms with Crippen LogP contribution in [0.4, 0.5) is 0 Å². The van der Waals surface area contributed by atoms with Crippen molar-refractivity contribution in [2.45, 2.75) is 60.8 Å². The van der Waals surface area contributed by atoms with Crippen molar-refractivity contribution in [3.05, 3.63) is 100 Å². The van der Waals surface area contributed by atoms with E-state index in [-0.39, 0.29) is 11.7 Å². The number of carbonyl (C=O) groups is 1. The number of nitrogens with zero attached hydrogens (tertiary/aromatic N) is 3. The first-order valence-electron chi connectivity index (χ1n) is 13.6. The van der Waals surface area contributed by atoms with Crippen LogP contribution in [0.1, 0.15) is 60.8 Å². The molecule has 200 valence electrons. The summed E-state index contributed by atoms with van der Waals surface area (Å²) in [6, 6.07) is 0. The SMILES string of the molecule is C=C1CC(/C=C\C(=C/C)N2CCCC(=C)[C@@H](C)C2)=NC(C(/C=C2/C(C)=C=C(C)C(C)=CC2C)=NC)=CC1=O. The van der Waals surface area contributed by atoms with Crippen LogP contribution < -0.4 is 0 Å². The van der Waals surface area contributed by atoms with Crippen LogP contribution in [0, 0.1) is 11.8 Å². The molecule has 0 aromatic heterocycles. The number of hydrogen-bond acceptors (Lipinski definition) is 4. The average molecular weight is 510 g/mol. The van der Waals surface area contributed by atoms with E-state index in [2.05, 4.69) is 94.6 Å². The van der Waals surface area contributed by atoms with E-state index in [1.165, 1.54) is 11.1 Å². The Hall–Kier alpha value is -3.49. The summed E-state index contributed by atoms with van der Waals surface area (Å²) in [7, 11) is 1.75. The summed E-state index contributed by atoms with van der Waals surface area (Å²) in [5.41, 5.74) is 13.1. The van der Waals surface area contributed by atoms with Crippen molar-refractivity contribution >= 4 is 17.2 Å². The van der Waals surface area contributed by atoms with E-state index >= 15 is 0 Å². The zero-order valence-electron chi connectivity index (χ0n) is 24.3. The maximum Gasteiger partial charge on any atom is 0.183 e. The second-order valence-electron chi connectivity index (χ2n) is 10.7. The number of hydrogen-bond donors (Lipinski definition) is 0. The smallest absolute Gasteiger partial charge is 0.183 e. The third-order valence-electron chi connectivity index (χ3n) is 7.68. The lowest BCUT2D eigenvalue weighted by Crippen LogP contribution is -2.26. The van der Waals surface area contributed by atoms with Gasteiger partial charge in [-0.25, -0.2) is 0 Å². The molecule has 0 spiro atoms. The maximum atomic E-state index is 12.9. The van der Waals surface area contributed by atoms with Gasteiger partial charge < -0.3 is 4.90 Å². The second kappa shape index (κ2) is 12.8. The third kappa shape index (κ3) is 7.08. The molecule has 2 heterocycles. The highest BCUT2D eigenvalue weighted by molar-refractivity contribution is 6.19. The number of aliphatic imine (C=N–C) groups is 2. The van der Waals surface area contributed by atoms with Crippen molar-refractivity contribution < 1.29 is 4.79 Å². The van der Waals surface area contributed by atoms with Crippen molar-refractivity contribution in [3.8, 4) is 0 Å². The van der Waals surface area contributed by atoms with Crippen molar-refractivity contribution in [3.63, 3.8) is 0 Å². The average Bonchev–Trinajstić information content (AvgIpc) is 3.16. The molecule has 3 aliphatic rings. The molecule has 38 heavy (non-hydrogen) atoms. The van der Waals surface area contributed by atoms with Gasteiger partial charge in [0.2, 0.25) is 0 Å². The van der Waals surface area contributed by atoms with Gasteiger partial charge in [-0.2, -0.15) is 0 Å². The molecule has 1 fully saturated rings. The lowest BCUT2D eigenvalue weighted by molar-refractivity contribution is -0.111. The Morgan fingerprint density at radius 3 is 2.63 bits per heavy atom. The van der Waals surface area contributed by atoms with Crippen LogP contribution in [0.2, 0.25) is 0 Å². The standard InChI is InChI=1S/C34H43N3O/c1-10-30(37-15-11-12-22(2)28(8)21-37)14-13-29-18-27(7)34(38)20-33(36-29)32(35-9)19-31-25(5)16-23(3)24(4)17-26(31)6/h10,13-14,16,19-20,25,28H,2,7,11-12,15,18,21H2,1,3-6,8-9H3/b14-13-,30-10+,31-19+,35-32?/t25?,28-/m0/s1. The molecule has 4 heteroatoms. The van der Waals surface area contributed by atoms with Gasteiger partial charge in [0.1, 0.15) is 0 Å². The Bertz CT molecular complexity index is 1300. The first-order valence-corrected chi connectivity index (χ1v) is 13.6. The molecular formula is C34H43N3O. The lowest BCUT2D eigenvalue weighted by Gasteiger charge is -2.26. The summed E-state index contributed by atoms with van der Waals surface area (Å²) in [5, 5.41) is 0. The van der Waals surface area contributed by atoms with E-state index in [0.717, 1.165) is 54.1 Å². The highest BCUT2D eigenvalue weighted by Gasteiger charge is 2.20. The van der Waals surface area contributed by atoms with Gasteiger partial charge in [0.15, 0.2) is 5.78 Å². The number of rotatable bonds is 5. The minimum absolute atomic E-state index is 0.106. The van der Waals surface area contributed by atoms with Crippen molar-refractivity contribution in [1.29, 1.82) is 0 Å². The number of ketones is 1. The van der Waals surface area contributed by atoms with E-state index in [9.17, 15) is 4.79 Å². The Kier molecular flexibility index (Phi) is 9.83. The van der Waals surface area contributed by atoms with Crippen molar-refractivity contribution in [2.75, 3.05) is 20.1 Å². The summed E-state index contributed by atoms with van der Waals surface area (Å²) < 4.78 is 0. The Balaban J connectivity index is 1.96. The lowest BCUT2D eigenvalue weighted by atomic mass is 9.93. The molecule has 0 aromatic carbocycles. The molecule has 0 radical (unpaired) electrons. The van der Waals surface area contributed by atoms with Gasteiger partial charge in [0, 0.05) is 50.0 Å². The predicted molar refractivity (Wildman–Crippen MR) is 163 cm³/mol. The fraction of sp³-hybridized carbons (Fsp3) is 0.412. The van der Waals surface area contributed by atoms with E-state index in [1.807, 2.05) is 6.08 Å². The first kappa shape index (κ1) is 29.1. The number of carbonyl (C=O) groups excluding carboxylic acids is 1. The molecule has 2 aliphatic heterocycles. The highest BCUT2D eigenvalue weighted by Crippen LogP contribution is 2.28. The zero-order valence-corrected chi connectivity index (χ0v) is 24.3. The first-order chi connectivity index (χ1) is 18.0. The van der Waals surface area contributed by atoms with Gasteiger partial charge in [0.05, 0.1) is 11.4 Å². The fourth-order valence-corrected chi connectivity index (χ4v) is 5.10. The molecule has 1 aliphatic carbocycles. The monoisotopic (exact) mass is 509 g/mol. The summed E-state index contributed by atoms with van der Waals surface area (Å²) in [4.78, 5) is 24.8. The van der Waals surface area contributed by atoms with Gasteiger partial charge >= 0.3 is 0 Å². The van der Waals surface area contributed by atoms with Crippen molar-refractivity contribution in [1.82, 2.24) is 4.90 Å². The van der Waals surface area contributed by atoms with E-state index in [0.29, 0.717) is 29.3 Å². The molecule has 0 saturated carbocycles. The Labute approximate surface area is 229 Å². The van der Waals surface area contributed by atoms with Gasteiger partial charge in [-0.3, -0.25) is 14.8 Å². The normalized spacial score (nSPS) is 25.4. The molecule has 0 amide bonds. The summed E-state index contributed by atoms with van der Waals surface area (Å²) in [5.74, 6) is 0.549. The molecular weight excluding hydrogens is 466 g/mol. The predicted octanol–water partition coefficient (Wildman–Crippen LogP) is 7.67. The largest absolute Gasteiger partial charge is 0.371 e. The van der Waals surface area contributed by atoms with Crippen molar-refractivity contribution in [2.24, 2.45) is 21.8 Å². The zero-order chi connectivity index (χ0) is 28.0. The Morgan fingerprint density at radius 1 is 1.21 bits per heavy atom. The third-order valence-corrected chi connectivity index (χ3v) is 7.68. The van der Waals surface area contributed by atoms with Gasteiger partial charge in [-0.05, 0) is 92.5 Å². The molecule has 0 N–H and O–H groups in total.